The lowest BCUT2D eigenvalue weighted by molar-refractivity contribution is 1.03. The van der Waals surface area contributed by atoms with Crippen molar-refractivity contribution in [2.24, 2.45) is 0 Å². The summed E-state index contributed by atoms with van der Waals surface area (Å²) >= 11 is 1.76. The quantitative estimate of drug-likeness (QED) is 0.113. The van der Waals surface area contributed by atoms with E-state index in [9.17, 15) is 0 Å². The number of nitrogens with zero attached hydrogens (tertiary/aromatic N) is 13. The Hall–Kier alpha value is -16.8. The molecule has 25 rings (SSSR count). The Labute approximate surface area is 722 Å². The van der Waals surface area contributed by atoms with Crippen LogP contribution in [-0.2, 0) is 0 Å². The first-order valence-corrected chi connectivity index (χ1v) is 42.6. The van der Waals surface area contributed by atoms with Crippen LogP contribution in [-0.4, -0.2) is 62.3 Å². The zero-order chi connectivity index (χ0) is 82.7. The standard InChI is InChI=1S/C41H27N5.C36H24N4.C34H22N4S/c1-2-10-32(11-3-1)45-36-15-5-4-13-34(36)39-37(45)20-21-38-40(39)44-41(30-18-16-28(17-19-30)29-22-25-42-26-23-29)46(38)33-12-8-9-31(27-33)35-14-6-7-24-43-35;1-3-11-25(12-4-1)26-18-20-28(21-19-26)39-30-16-8-7-15-29(30)34-31(39)22-23-32-35(34)38-36(27-13-5-2-6-14-27)40(32)33-17-9-10-24-37-33;1-2-9-24(10-3-1)34-36-33-29(38(34)31-14-6-7-21-35-31)20-19-28-32(33)26-11-4-5-12-27(26)37(28)25-17-15-23(16-18-25)30-13-8-22-39-30/h1-27H;1-24H;1-22H. The number of para-hydroxylation sites is 4. The summed E-state index contributed by atoms with van der Waals surface area (Å²) in [6.45, 7) is 0. The van der Waals surface area contributed by atoms with Gasteiger partial charge in [0, 0.05) is 113 Å². The minimum Gasteiger partial charge on any atom is -0.309 e. The number of pyridine rings is 4. The van der Waals surface area contributed by atoms with Gasteiger partial charge >= 0.3 is 0 Å². The van der Waals surface area contributed by atoms with Crippen molar-refractivity contribution in [2.75, 3.05) is 0 Å². The number of benzene rings is 14. The molecule has 11 heterocycles. The van der Waals surface area contributed by atoms with Crippen molar-refractivity contribution < 1.29 is 0 Å². The molecule has 0 aliphatic heterocycles. The molecule has 0 saturated carbocycles. The van der Waals surface area contributed by atoms with Crippen LogP contribution in [0.4, 0.5) is 0 Å². The molecule has 0 bridgehead atoms. The molecule has 14 heteroatoms. The van der Waals surface area contributed by atoms with E-state index in [1.54, 1.807) is 11.3 Å². The summed E-state index contributed by atoms with van der Waals surface area (Å²) in [5.41, 5.74) is 28.4. The van der Waals surface area contributed by atoms with Crippen LogP contribution in [0.25, 0.3) is 211 Å². The van der Waals surface area contributed by atoms with Gasteiger partial charge in [0.1, 0.15) is 29.1 Å². The van der Waals surface area contributed by atoms with Crippen molar-refractivity contribution in [1.29, 1.82) is 0 Å². The molecule has 11 aromatic heterocycles. The second-order valence-electron chi connectivity index (χ2n) is 30.8. The van der Waals surface area contributed by atoms with Crippen LogP contribution in [0.2, 0.25) is 0 Å². The second-order valence-corrected chi connectivity index (χ2v) is 31.8. The first-order valence-electron chi connectivity index (χ1n) is 41.7. The third-order valence-electron chi connectivity index (χ3n) is 23.6. The van der Waals surface area contributed by atoms with Crippen LogP contribution in [0.3, 0.4) is 0 Å². The van der Waals surface area contributed by atoms with Gasteiger partial charge in [-0.2, -0.15) is 0 Å². The molecule has 0 unspecified atom stereocenters. The number of imidazole rings is 3. The van der Waals surface area contributed by atoms with Crippen LogP contribution < -0.4 is 0 Å². The van der Waals surface area contributed by atoms with Crippen molar-refractivity contribution in [1.82, 2.24) is 62.3 Å². The molecule has 588 valence electrons. The highest BCUT2D eigenvalue weighted by Gasteiger charge is 2.27. The molecule has 125 heavy (non-hydrogen) atoms. The van der Waals surface area contributed by atoms with Crippen LogP contribution >= 0.6 is 11.3 Å². The Morgan fingerprint density at radius 1 is 0.200 bits per heavy atom. The van der Waals surface area contributed by atoms with Gasteiger partial charge in [-0.3, -0.25) is 23.7 Å². The van der Waals surface area contributed by atoms with E-state index in [0.29, 0.717) is 0 Å². The molecule has 25 aromatic rings. The van der Waals surface area contributed by atoms with E-state index in [0.717, 1.165) is 173 Å². The Morgan fingerprint density at radius 2 is 0.552 bits per heavy atom. The predicted molar refractivity (Wildman–Crippen MR) is 513 cm³/mol. The summed E-state index contributed by atoms with van der Waals surface area (Å²) in [5.74, 6) is 4.35. The zero-order valence-electron chi connectivity index (χ0n) is 67.4. The second kappa shape index (κ2) is 31.4. The fourth-order valence-corrected chi connectivity index (χ4v) is 18.7. The minimum absolute atomic E-state index is 0.850. The highest BCUT2D eigenvalue weighted by molar-refractivity contribution is 7.13. The Balaban J connectivity index is 0.000000108. The first kappa shape index (κ1) is 73.3. The number of hydrogen-bond acceptors (Lipinski definition) is 8. The molecule has 0 saturated heterocycles. The molecular formula is C111H73N13S. The molecule has 13 nitrogen and oxygen atoms in total. The lowest BCUT2D eigenvalue weighted by Crippen LogP contribution is -1.99. The van der Waals surface area contributed by atoms with E-state index in [4.69, 9.17) is 24.9 Å². The highest BCUT2D eigenvalue weighted by Crippen LogP contribution is 2.45. The zero-order valence-corrected chi connectivity index (χ0v) is 68.2. The summed E-state index contributed by atoms with van der Waals surface area (Å²) in [7, 11) is 0. The third-order valence-corrected chi connectivity index (χ3v) is 24.5. The van der Waals surface area contributed by atoms with Crippen LogP contribution in [0.1, 0.15) is 0 Å². The lowest BCUT2D eigenvalue weighted by atomic mass is 10.0. The van der Waals surface area contributed by atoms with Crippen LogP contribution in [0.15, 0.2) is 443 Å². The van der Waals surface area contributed by atoms with E-state index in [-0.39, 0.29) is 0 Å². The largest absolute Gasteiger partial charge is 0.309 e. The van der Waals surface area contributed by atoms with Gasteiger partial charge in [-0.05, 0) is 191 Å². The Kier molecular flexibility index (Phi) is 18.4. The van der Waals surface area contributed by atoms with Gasteiger partial charge < -0.3 is 13.7 Å². The lowest BCUT2D eigenvalue weighted by Gasteiger charge is -2.12. The maximum Gasteiger partial charge on any atom is 0.146 e. The van der Waals surface area contributed by atoms with Crippen molar-refractivity contribution in [3.63, 3.8) is 0 Å². The SMILES string of the molecule is c1ccc(-c2ccc(-n3c4ccccc4c4c5nc(-c6ccccc6)n(-c6ccccn6)c5ccc43)cc2)cc1.c1ccc(-c2nc3c4c5ccccc5n(-c5ccc(-c6cccs6)cc5)c4ccc3n2-c2ccccn2)cc1.c1ccc(-n2c3ccccc3c3c4nc(-c5ccc(-c6ccncc6)cc5)n(-c5cccc(-c6ccccn6)c5)c4ccc32)cc1. The average molecular weight is 1620 g/mol. The van der Waals surface area contributed by atoms with Gasteiger partial charge in [0.2, 0.25) is 0 Å². The Bertz CT molecular complexity index is 8260. The third kappa shape index (κ3) is 13.0. The monoisotopic (exact) mass is 1620 g/mol. The van der Waals surface area contributed by atoms with Crippen molar-refractivity contribution in [3.8, 4) is 113 Å². The molecule has 0 spiro atoms. The van der Waals surface area contributed by atoms with Gasteiger partial charge in [0.15, 0.2) is 0 Å². The molecule has 0 fully saturated rings. The van der Waals surface area contributed by atoms with Gasteiger partial charge in [0.25, 0.3) is 0 Å². The fraction of sp³-hybridized carbons (Fsp3) is 0. The molecule has 0 aliphatic rings. The van der Waals surface area contributed by atoms with E-state index in [2.05, 4.69) is 370 Å². The van der Waals surface area contributed by atoms with E-state index >= 15 is 0 Å². The molecule has 0 radical (unpaired) electrons. The molecular weight excluding hydrogens is 1550 g/mol. The molecule has 0 atom stereocenters. The fourth-order valence-electron chi connectivity index (χ4n) is 18.0. The molecule has 0 aliphatic carbocycles. The Morgan fingerprint density at radius 3 is 1.01 bits per heavy atom. The summed E-state index contributed by atoms with van der Waals surface area (Å²) in [6, 6.07) is 142. The first-order chi connectivity index (χ1) is 62.1. The number of rotatable bonds is 13. The van der Waals surface area contributed by atoms with Gasteiger partial charge in [-0.25, -0.2) is 24.9 Å². The van der Waals surface area contributed by atoms with Gasteiger partial charge in [-0.15, -0.1) is 11.3 Å². The normalized spacial score (nSPS) is 11.5. The van der Waals surface area contributed by atoms with Crippen LogP contribution in [0, 0.1) is 0 Å². The predicted octanol–water partition coefficient (Wildman–Crippen LogP) is 27.7. The van der Waals surface area contributed by atoms with Crippen molar-refractivity contribution >= 4 is 110 Å². The number of fused-ring (bicyclic) bond motifs is 15. The maximum atomic E-state index is 5.47. The minimum atomic E-state index is 0.850. The summed E-state index contributed by atoms with van der Waals surface area (Å²) in [6.07, 6.45) is 9.16. The van der Waals surface area contributed by atoms with E-state index < -0.39 is 0 Å². The molecule has 0 amide bonds. The summed E-state index contributed by atoms with van der Waals surface area (Å²) in [4.78, 5) is 35.6. The highest BCUT2D eigenvalue weighted by atomic mass is 32.1. The number of hydrogen-bond donors (Lipinski definition) is 0. The summed E-state index contributed by atoms with van der Waals surface area (Å²) in [5, 5.41) is 9.11. The molecule has 14 aromatic carbocycles. The van der Waals surface area contributed by atoms with E-state index in [1.165, 1.54) is 37.7 Å². The molecule has 0 N–H and O–H groups in total. The maximum absolute atomic E-state index is 5.47. The van der Waals surface area contributed by atoms with Crippen molar-refractivity contribution in [3.05, 3.63) is 443 Å². The van der Waals surface area contributed by atoms with Crippen LogP contribution in [0.5, 0.6) is 0 Å². The average Bonchev–Trinajstić information content (AvgIpc) is 1.57. The number of aromatic nitrogens is 13. The summed E-state index contributed by atoms with van der Waals surface area (Å²) < 4.78 is 13.7. The topological polar surface area (TPSA) is 120 Å². The van der Waals surface area contributed by atoms with Gasteiger partial charge in [-0.1, -0.05) is 249 Å². The number of thiophene rings is 1. The van der Waals surface area contributed by atoms with Gasteiger partial charge in [0.05, 0.1) is 71.9 Å². The smallest absolute Gasteiger partial charge is 0.146 e. The van der Waals surface area contributed by atoms with E-state index in [1.807, 2.05) is 110 Å². The van der Waals surface area contributed by atoms with Crippen molar-refractivity contribution in [2.45, 2.75) is 0 Å².